The van der Waals surface area contributed by atoms with E-state index in [-0.39, 0.29) is 11.9 Å². The monoisotopic (exact) mass is 256 g/mol. The zero-order chi connectivity index (χ0) is 14.2. The Morgan fingerprint density at radius 3 is 2.44 bits per heavy atom. The van der Waals surface area contributed by atoms with Crippen molar-refractivity contribution in [2.75, 3.05) is 20.8 Å². The van der Waals surface area contributed by atoms with Crippen LogP contribution in [0.1, 0.15) is 27.2 Å². The fourth-order valence-corrected chi connectivity index (χ4v) is 1.41. The van der Waals surface area contributed by atoms with Crippen LogP contribution in [0.3, 0.4) is 0 Å². The van der Waals surface area contributed by atoms with Gasteiger partial charge >= 0.3 is 5.97 Å². The van der Waals surface area contributed by atoms with E-state index in [1.807, 2.05) is 13.8 Å². The molecule has 0 aliphatic rings. The molecule has 0 rings (SSSR count). The first-order chi connectivity index (χ1) is 8.37. The summed E-state index contributed by atoms with van der Waals surface area (Å²) in [5, 5.41) is 0. The molecular formula is C14H24O4. The van der Waals surface area contributed by atoms with Gasteiger partial charge in [-0.05, 0) is 20.8 Å². The first-order valence-corrected chi connectivity index (χ1v) is 5.99. The van der Waals surface area contributed by atoms with Gasteiger partial charge in [0.1, 0.15) is 0 Å². The molecule has 0 saturated heterocycles. The lowest BCUT2D eigenvalue weighted by molar-refractivity contribution is -0.137. The maximum atomic E-state index is 11.3. The van der Waals surface area contributed by atoms with Crippen molar-refractivity contribution in [3.8, 4) is 0 Å². The quantitative estimate of drug-likeness (QED) is 0.380. The molecule has 104 valence electrons. The van der Waals surface area contributed by atoms with Gasteiger partial charge in [0.05, 0.1) is 25.1 Å². The van der Waals surface area contributed by atoms with Crippen LogP contribution < -0.4 is 0 Å². The molecule has 0 amide bonds. The van der Waals surface area contributed by atoms with E-state index in [0.717, 1.165) is 0 Å². The average Bonchev–Trinajstić information content (AvgIpc) is 2.34. The number of allylic oxidation sites excluding steroid dienone is 1. The molecular weight excluding hydrogens is 232 g/mol. The van der Waals surface area contributed by atoms with Crippen LogP contribution in [0.4, 0.5) is 0 Å². The Kier molecular flexibility index (Phi) is 7.36. The van der Waals surface area contributed by atoms with Crippen molar-refractivity contribution in [2.24, 2.45) is 5.92 Å². The predicted octanol–water partition coefficient (Wildman–Crippen LogP) is 2.70. The lowest BCUT2D eigenvalue weighted by Gasteiger charge is -2.31. The molecule has 0 spiro atoms. The van der Waals surface area contributed by atoms with Crippen molar-refractivity contribution in [3.63, 3.8) is 0 Å². The van der Waals surface area contributed by atoms with E-state index in [9.17, 15) is 4.79 Å². The van der Waals surface area contributed by atoms with Gasteiger partial charge in [0.25, 0.3) is 0 Å². The Labute approximate surface area is 110 Å². The van der Waals surface area contributed by atoms with Gasteiger partial charge in [-0.15, -0.1) is 0 Å². The molecule has 0 heterocycles. The number of carbonyl (C=O) groups is 1. The number of ether oxygens (including phenoxy) is 3. The first kappa shape index (κ1) is 16.7. The Morgan fingerprint density at radius 2 is 2.00 bits per heavy atom. The number of carbonyl (C=O) groups excluding carboxylic acids is 1. The van der Waals surface area contributed by atoms with Crippen LogP contribution in [0.2, 0.25) is 0 Å². The summed E-state index contributed by atoms with van der Waals surface area (Å²) in [5.41, 5.74) is -0.412. The minimum absolute atomic E-state index is 0.0145. The molecule has 0 radical (unpaired) electrons. The topological polar surface area (TPSA) is 44.8 Å². The van der Waals surface area contributed by atoms with Gasteiger partial charge in [-0.2, -0.15) is 0 Å². The van der Waals surface area contributed by atoms with E-state index in [2.05, 4.69) is 6.58 Å². The van der Waals surface area contributed by atoms with E-state index in [1.165, 1.54) is 6.08 Å². The van der Waals surface area contributed by atoms with Crippen LogP contribution >= 0.6 is 0 Å². The standard InChI is InChI=1S/C14H24O4/c1-7-18-13(15)9-8-12(10-11(2)16-5)14(3,4)17-6/h8-9,12H,2,7,10H2,1,3-6H3/b9-8+. The van der Waals surface area contributed by atoms with Gasteiger partial charge in [-0.1, -0.05) is 12.7 Å². The number of rotatable bonds is 8. The number of methoxy groups -OCH3 is 2. The molecule has 0 saturated carbocycles. The molecule has 0 bridgehead atoms. The van der Waals surface area contributed by atoms with Gasteiger partial charge in [0.15, 0.2) is 0 Å². The molecule has 0 aliphatic carbocycles. The van der Waals surface area contributed by atoms with Crippen molar-refractivity contribution >= 4 is 5.97 Å². The second-order valence-electron chi connectivity index (χ2n) is 4.47. The van der Waals surface area contributed by atoms with Gasteiger partial charge < -0.3 is 14.2 Å². The van der Waals surface area contributed by atoms with Gasteiger partial charge in [-0.3, -0.25) is 0 Å². The zero-order valence-electron chi connectivity index (χ0n) is 12.0. The molecule has 0 aromatic heterocycles. The molecule has 0 aliphatic heterocycles. The van der Waals surface area contributed by atoms with E-state index in [1.54, 1.807) is 27.2 Å². The molecule has 4 heteroatoms. The molecule has 0 aromatic carbocycles. The zero-order valence-corrected chi connectivity index (χ0v) is 12.0. The highest BCUT2D eigenvalue weighted by molar-refractivity contribution is 5.81. The SMILES string of the molecule is C=C(CC(/C=C/C(=O)OCC)C(C)(C)OC)OC. The van der Waals surface area contributed by atoms with Crippen LogP contribution in [0.5, 0.6) is 0 Å². The Bertz CT molecular complexity index is 305. The summed E-state index contributed by atoms with van der Waals surface area (Å²) in [6, 6.07) is 0. The number of hydrogen-bond acceptors (Lipinski definition) is 4. The van der Waals surface area contributed by atoms with Crippen molar-refractivity contribution in [3.05, 3.63) is 24.5 Å². The molecule has 1 atom stereocenters. The first-order valence-electron chi connectivity index (χ1n) is 5.99. The third kappa shape index (κ3) is 5.87. The van der Waals surface area contributed by atoms with Crippen molar-refractivity contribution < 1.29 is 19.0 Å². The molecule has 18 heavy (non-hydrogen) atoms. The van der Waals surface area contributed by atoms with Gasteiger partial charge in [-0.25, -0.2) is 4.79 Å². The summed E-state index contributed by atoms with van der Waals surface area (Å²) < 4.78 is 15.4. The molecule has 0 N–H and O–H groups in total. The van der Waals surface area contributed by atoms with Crippen LogP contribution in [0.15, 0.2) is 24.5 Å². The van der Waals surface area contributed by atoms with E-state index in [0.29, 0.717) is 18.8 Å². The van der Waals surface area contributed by atoms with Gasteiger partial charge in [0, 0.05) is 25.5 Å². The fourth-order valence-electron chi connectivity index (χ4n) is 1.41. The van der Waals surface area contributed by atoms with Crippen LogP contribution in [-0.2, 0) is 19.0 Å². The third-order valence-corrected chi connectivity index (χ3v) is 2.91. The van der Waals surface area contributed by atoms with Crippen molar-refractivity contribution in [2.45, 2.75) is 32.8 Å². The minimum Gasteiger partial charge on any atom is -0.502 e. The second-order valence-corrected chi connectivity index (χ2v) is 4.47. The highest BCUT2D eigenvalue weighted by Crippen LogP contribution is 2.27. The van der Waals surface area contributed by atoms with Crippen molar-refractivity contribution in [1.82, 2.24) is 0 Å². The minimum atomic E-state index is -0.412. The third-order valence-electron chi connectivity index (χ3n) is 2.91. The second kappa shape index (κ2) is 7.93. The van der Waals surface area contributed by atoms with E-state index in [4.69, 9.17) is 14.2 Å². The van der Waals surface area contributed by atoms with Gasteiger partial charge in [0.2, 0.25) is 0 Å². The summed E-state index contributed by atoms with van der Waals surface area (Å²) in [4.78, 5) is 11.3. The predicted molar refractivity (Wildman–Crippen MR) is 71.1 cm³/mol. The summed E-state index contributed by atoms with van der Waals surface area (Å²) in [6.45, 7) is 9.85. The maximum Gasteiger partial charge on any atom is 0.330 e. The molecule has 0 fully saturated rings. The molecule has 0 aromatic rings. The molecule has 1 unspecified atom stereocenters. The lowest BCUT2D eigenvalue weighted by Crippen LogP contribution is -2.32. The summed E-state index contributed by atoms with van der Waals surface area (Å²) in [6.07, 6.45) is 3.80. The average molecular weight is 256 g/mol. The van der Waals surface area contributed by atoms with Crippen molar-refractivity contribution in [1.29, 1.82) is 0 Å². The highest BCUT2D eigenvalue weighted by atomic mass is 16.5. The normalized spacial score (nSPS) is 13.4. The Hall–Kier alpha value is -1.29. The summed E-state index contributed by atoms with van der Waals surface area (Å²) >= 11 is 0. The largest absolute Gasteiger partial charge is 0.502 e. The highest BCUT2D eigenvalue weighted by Gasteiger charge is 2.28. The lowest BCUT2D eigenvalue weighted by atomic mass is 9.87. The maximum absolute atomic E-state index is 11.3. The number of hydrogen-bond donors (Lipinski definition) is 0. The fraction of sp³-hybridized carbons (Fsp3) is 0.643. The van der Waals surface area contributed by atoms with E-state index < -0.39 is 5.60 Å². The molecule has 4 nitrogen and oxygen atoms in total. The van der Waals surface area contributed by atoms with Crippen LogP contribution in [0, 0.1) is 5.92 Å². The summed E-state index contributed by atoms with van der Waals surface area (Å²) in [5.74, 6) is 0.287. The van der Waals surface area contributed by atoms with Crippen LogP contribution in [-0.4, -0.2) is 32.4 Å². The Morgan fingerprint density at radius 1 is 1.39 bits per heavy atom. The summed E-state index contributed by atoms with van der Waals surface area (Å²) in [7, 11) is 3.22. The smallest absolute Gasteiger partial charge is 0.330 e. The van der Waals surface area contributed by atoms with E-state index >= 15 is 0 Å². The van der Waals surface area contributed by atoms with Crippen LogP contribution in [0.25, 0.3) is 0 Å². The Balaban J connectivity index is 4.77. The number of esters is 1.